The van der Waals surface area contributed by atoms with Gasteiger partial charge in [-0.2, -0.15) is 0 Å². The van der Waals surface area contributed by atoms with Gasteiger partial charge in [0.25, 0.3) is 0 Å². The number of carbonyl (C=O) groups excluding carboxylic acids is 3. The highest BCUT2D eigenvalue weighted by atomic mass is 16.5. The fraction of sp³-hybridized carbons (Fsp3) is 0.783. The Morgan fingerprint density at radius 1 is 1.00 bits per heavy atom. The number of hydrogen-bond donors (Lipinski definition) is 0. The maximum Gasteiger partial charge on any atom is 0.314 e. The molecule has 0 aromatic carbocycles. The highest BCUT2D eigenvalue weighted by molar-refractivity contribution is 5.78. The van der Waals surface area contributed by atoms with Crippen LogP contribution in [0.2, 0.25) is 0 Å². The van der Waals surface area contributed by atoms with E-state index in [0.29, 0.717) is 44.0 Å². The van der Waals surface area contributed by atoms with E-state index in [4.69, 9.17) is 9.47 Å². The van der Waals surface area contributed by atoms with Crippen LogP contribution in [0.5, 0.6) is 0 Å². The van der Waals surface area contributed by atoms with Gasteiger partial charge in [-0.1, -0.05) is 40.5 Å². The summed E-state index contributed by atoms with van der Waals surface area (Å²) >= 11 is 0. The van der Waals surface area contributed by atoms with Gasteiger partial charge in [-0.25, -0.2) is 0 Å². The summed E-state index contributed by atoms with van der Waals surface area (Å²) in [6.45, 7) is 9.10. The molecule has 2 aliphatic rings. The van der Waals surface area contributed by atoms with Crippen molar-refractivity contribution in [3.8, 4) is 0 Å². The molecule has 0 aromatic rings. The molecule has 1 atom stereocenters. The maximum absolute atomic E-state index is 12.1. The third-order valence-corrected chi connectivity index (χ3v) is 6.34. The van der Waals surface area contributed by atoms with E-state index in [1.165, 1.54) is 0 Å². The minimum Gasteiger partial charge on any atom is -0.465 e. The minimum atomic E-state index is -0.173. The van der Waals surface area contributed by atoms with E-state index >= 15 is 0 Å². The molecule has 28 heavy (non-hydrogen) atoms. The SMILES string of the molecule is CC(C)(CCCCC(=O)CCCCC(C)(C)C1COC(=O)C1)C1=CCC(=O)O1. The lowest BCUT2D eigenvalue weighted by molar-refractivity contribution is -0.138. The first-order valence-corrected chi connectivity index (χ1v) is 10.7. The predicted octanol–water partition coefficient (Wildman–Crippen LogP) is 5.12. The Morgan fingerprint density at radius 3 is 2.18 bits per heavy atom. The van der Waals surface area contributed by atoms with Crippen LogP contribution >= 0.6 is 0 Å². The molecule has 0 aromatic heterocycles. The first-order chi connectivity index (χ1) is 13.1. The number of hydrogen-bond acceptors (Lipinski definition) is 5. The first-order valence-electron chi connectivity index (χ1n) is 10.7. The molecular weight excluding hydrogens is 356 g/mol. The maximum atomic E-state index is 12.1. The van der Waals surface area contributed by atoms with E-state index in [0.717, 1.165) is 44.3 Å². The van der Waals surface area contributed by atoms with Crippen molar-refractivity contribution in [3.05, 3.63) is 11.8 Å². The third kappa shape index (κ3) is 6.75. The fourth-order valence-electron chi connectivity index (χ4n) is 4.06. The van der Waals surface area contributed by atoms with Crippen molar-refractivity contribution in [1.29, 1.82) is 0 Å². The zero-order valence-corrected chi connectivity index (χ0v) is 18.0. The number of unbranched alkanes of at least 4 members (excludes halogenated alkanes) is 2. The van der Waals surface area contributed by atoms with Crippen molar-refractivity contribution in [1.82, 2.24) is 0 Å². The summed E-state index contributed by atoms with van der Waals surface area (Å²) < 4.78 is 10.4. The van der Waals surface area contributed by atoms with Crippen LogP contribution in [0.15, 0.2) is 11.8 Å². The highest BCUT2D eigenvalue weighted by Gasteiger charge is 2.36. The predicted molar refractivity (Wildman–Crippen MR) is 107 cm³/mol. The van der Waals surface area contributed by atoms with Gasteiger partial charge in [-0.15, -0.1) is 0 Å². The lowest BCUT2D eigenvalue weighted by atomic mass is 9.74. The molecular formula is C23H36O5. The average molecular weight is 393 g/mol. The lowest BCUT2D eigenvalue weighted by Gasteiger charge is -2.29. The Labute approximate surface area is 169 Å². The molecule has 0 spiro atoms. The molecule has 2 rings (SSSR count). The summed E-state index contributed by atoms with van der Waals surface area (Å²) in [5.74, 6) is 1.16. The normalized spacial score (nSPS) is 20.1. The monoisotopic (exact) mass is 392 g/mol. The Balaban J connectivity index is 1.55. The number of allylic oxidation sites excluding steroid dienone is 1. The molecule has 0 bridgehead atoms. The molecule has 5 nitrogen and oxygen atoms in total. The van der Waals surface area contributed by atoms with Gasteiger partial charge >= 0.3 is 11.9 Å². The molecule has 0 aliphatic carbocycles. The van der Waals surface area contributed by atoms with E-state index in [9.17, 15) is 14.4 Å². The van der Waals surface area contributed by atoms with Crippen molar-refractivity contribution in [3.63, 3.8) is 0 Å². The third-order valence-electron chi connectivity index (χ3n) is 6.34. The smallest absolute Gasteiger partial charge is 0.314 e. The second-order valence-corrected chi connectivity index (χ2v) is 9.66. The van der Waals surface area contributed by atoms with Crippen molar-refractivity contribution >= 4 is 17.7 Å². The lowest BCUT2D eigenvalue weighted by Crippen LogP contribution is -2.24. The number of cyclic esters (lactones) is 2. The van der Waals surface area contributed by atoms with Crippen LogP contribution in [0.3, 0.4) is 0 Å². The van der Waals surface area contributed by atoms with Crippen LogP contribution in [0.25, 0.3) is 0 Å². The number of ether oxygens (including phenoxy) is 2. The molecule has 1 unspecified atom stereocenters. The van der Waals surface area contributed by atoms with Gasteiger partial charge in [0.05, 0.1) is 19.4 Å². The zero-order chi connectivity index (χ0) is 20.8. The van der Waals surface area contributed by atoms with E-state index in [1.807, 2.05) is 6.08 Å². The van der Waals surface area contributed by atoms with Crippen LogP contribution in [-0.4, -0.2) is 24.3 Å². The summed E-state index contributed by atoms with van der Waals surface area (Å²) in [5.41, 5.74) is -0.0642. The first kappa shape index (κ1) is 22.6. The van der Waals surface area contributed by atoms with Crippen molar-refractivity contribution in [2.75, 3.05) is 6.61 Å². The summed E-state index contributed by atoms with van der Waals surface area (Å²) in [6, 6.07) is 0. The van der Waals surface area contributed by atoms with Crippen molar-refractivity contribution in [2.24, 2.45) is 16.7 Å². The molecule has 158 valence electrons. The van der Waals surface area contributed by atoms with E-state index < -0.39 is 0 Å². The quantitative estimate of drug-likeness (QED) is 0.340. The van der Waals surface area contributed by atoms with Gasteiger partial charge in [0.2, 0.25) is 0 Å². The van der Waals surface area contributed by atoms with Crippen LogP contribution in [0, 0.1) is 16.7 Å². The minimum absolute atomic E-state index is 0.0825. The van der Waals surface area contributed by atoms with Gasteiger partial charge in [-0.3, -0.25) is 14.4 Å². The Bertz CT molecular complexity index is 614. The second kappa shape index (κ2) is 9.71. The summed E-state index contributed by atoms with van der Waals surface area (Å²) in [7, 11) is 0. The Morgan fingerprint density at radius 2 is 1.64 bits per heavy atom. The van der Waals surface area contributed by atoms with E-state index in [1.54, 1.807) is 0 Å². The summed E-state index contributed by atoms with van der Waals surface area (Å²) in [6.07, 6.45) is 9.74. The number of ketones is 1. The summed E-state index contributed by atoms with van der Waals surface area (Å²) in [4.78, 5) is 34.7. The van der Waals surface area contributed by atoms with Gasteiger partial charge in [-0.05, 0) is 37.2 Å². The fourth-order valence-corrected chi connectivity index (χ4v) is 4.06. The topological polar surface area (TPSA) is 69.7 Å². The Hall–Kier alpha value is -1.65. The number of Topliss-reactive ketones (excluding diaryl/α,β-unsaturated/α-hetero) is 1. The van der Waals surface area contributed by atoms with Crippen molar-refractivity contribution < 1.29 is 23.9 Å². The molecule has 1 saturated heterocycles. The average Bonchev–Trinajstić information content (AvgIpc) is 3.25. The van der Waals surface area contributed by atoms with Gasteiger partial charge in [0.1, 0.15) is 11.5 Å². The van der Waals surface area contributed by atoms with Gasteiger partial charge in [0, 0.05) is 24.2 Å². The number of esters is 2. The van der Waals surface area contributed by atoms with Crippen molar-refractivity contribution in [2.45, 2.75) is 91.9 Å². The molecule has 0 radical (unpaired) electrons. The van der Waals surface area contributed by atoms with Gasteiger partial charge in [0.15, 0.2) is 0 Å². The zero-order valence-electron chi connectivity index (χ0n) is 18.0. The van der Waals surface area contributed by atoms with Gasteiger partial charge < -0.3 is 9.47 Å². The largest absolute Gasteiger partial charge is 0.465 e. The molecule has 2 aliphatic heterocycles. The molecule has 0 N–H and O–H groups in total. The number of rotatable bonds is 12. The van der Waals surface area contributed by atoms with E-state index in [-0.39, 0.29) is 22.8 Å². The number of carbonyl (C=O) groups is 3. The van der Waals surface area contributed by atoms with E-state index in [2.05, 4.69) is 27.7 Å². The Kier molecular flexibility index (Phi) is 7.85. The second-order valence-electron chi connectivity index (χ2n) is 9.66. The van der Waals surface area contributed by atoms with Crippen LogP contribution in [0.4, 0.5) is 0 Å². The molecule has 0 amide bonds. The van der Waals surface area contributed by atoms with Crippen LogP contribution in [0.1, 0.15) is 91.9 Å². The molecule has 5 heteroatoms. The molecule has 2 heterocycles. The standard InChI is InChI=1S/C23H36O5/c1-22(2,17-15-21(26)27-16-17)13-7-5-9-18(24)10-6-8-14-23(3,4)19-11-12-20(25)28-19/h11,17H,5-10,12-16H2,1-4H3. The summed E-state index contributed by atoms with van der Waals surface area (Å²) in [5, 5.41) is 0. The van der Waals surface area contributed by atoms with Crippen LogP contribution < -0.4 is 0 Å². The highest BCUT2D eigenvalue weighted by Crippen LogP contribution is 2.38. The van der Waals surface area contributed by atoms with Crippen LogP contribution in [-0.2, 0) is 23.9 Å². The molecule has 0 saturated carbocycles. The molecule has 1 fully saturated rings.